The third kappa shape index (κ3) is 3.95. The molecular weight excluding hydrogens is 605 g/mol. The molecule has 5 rings (SSSR count). The van der Waals surface area contributed by atoms with Crippen LogP contribution in [0.5, 0.6) is 0 Å². The van der Waals surface area contributed by atoms with Gasteiger partial charge < -0.3 is 5.11 Å². The van der Waals surface area contributed by atoms with Crippen molar-refractivity contribution in [3.8, 4) is 0 Å². The molecule has 1 aromatic rings. The van der Waals surface area contributed by atoms with Gasteiger partial charge in [0.15, 0.2) is 0 Å². The summed E-state index contributed by atoms with van der Waals surface area (Å²) in [5, 5.41) is 11.2. The average Bonchev–Trinajstić information content (AvgIpc) is 2.85. The van der Waals surface area contributed by atoms with Crippen molar-refractivity contribution in [1.82, 2.24) is 4.31 Å². The number of hydrogen-bond acceptors (Lipinski definition) is 3. The highest BCUT2D eigenvalue weighted by Crippen LogP contribution is 2.79. The molecule has 4 aliphatic carbocycles. The van der Waals surface area contributed by atoms with Crippen LogP contribution >= 0.6 is 22.6 Å². The van der Waals surface area contributed by atoms with Gasteiger partial charge in [-0.3, -0.25) is 0 Å². The second kappa shape index (κ2) is 9.42. The van der Waals surface area contributed by atoms with Crippen molar-refractivity contribution in [2.75, 3.05) is 13.6 Å². The van der Waals surface area contributed by atoms with Gasteiger partial charge in [0.05, 0.1) is 10.5 Å². The van der Waals surface area contributed by atoms with Crippen LogP contribution in [-0.4, -0.2) is 40.4 Å². The Kier molecular flexibility index (Phi) is 7.27. The van der Waals surface area contributed by atoms with Crippen LogP contribution in [-0.2, 0) is 10.0 Å². The third-order valence-electron chi connectivity index (χ3n) is 13.2. The molecule has 4 nitrogen and oxygen atoms in total. The van der Waals surface area contributed by atoms with E-state index in [0.717, 1.165) is 25.7 Å². The largest absolute Gasteiger partial charge is 0.390 e. The monoisotopic (exact) mass is 655 g/mol. The first-order valence-electron chi connectivity index (χ1n) is 15.0. The summed E-state index contributed by atoms with van der Waals surface area (Å²) in [5.74, 6) is 1.00. The number of nitrogens with zero attached hydrogens (tertiary/aromatic N) is 1. The standard InChI is InChI=1S/C32H50INO3S/c1-7-31-21-18-27(2,35)23-32(31,33)17-15-26-29(4)16-11-12-24(28(29,3)19-20-30(26,31)5)22-34(6)38(36,37)25-13-9-8-10-14-25/h8-10,13-14,24,26,35H,7,11-12,15-23H2,1-6H3/t24-,26+,27-,28-,29+,30+,31-,32+/m1/s1. The maximum atomic E-state index is 13.5. The van der Waals surface area contributed by atoms with Gasteiger partial charge in [0.2, 0.25) is 10.0 Å². The lowest BCUT2D eigenvalue weighted by atomic mass is 9.31. The summed E-state index contributed by atoms with van der Waals surface area (Å²) >= 11 is 2.80. The predicted molar refractivity (Wildman–Crippen MR) is 164 cm³/mol. The maximum Gasteiger partial charge on any atom is 0.242 e. The zero-order valence-corrected chi connectivity index (χ0v) is 27.5. The fraction of sp³-hybridized carbons (Fsp3) is 0.812. The molecule has 0 aromatic heterocycles. The predicted octanol–water partition coefficient (Wildman–Crippen LogP) is 7.84. The summed E-state index contributed by atoms with van der Waals surface area (Å²) in [4.78, 5) is 0.395. The van der Waals surface area contributed by atoms with E-state index < -0.39 is 15.6 Å². The Labute approximate surface area is 245 Å². The quantitative estimate of drug-likeness (QED) is 0.260. The Hall–Kier alpha value is -0.180. The Morgan fingerprint density at radius 2 is 1.58 bits per heavy atom. The fourth-order valence-corrected chi connectivity index (χ4v) is 14.5. The van der Waals surface area contributed by atoms with Gasteiger partial charge in [-0.25, -0.2) is 12.7 Å². The summed E-state index contributed by atoms with van der Waals surface area (Å²) in [6.45, 7) is 12.8. The molecule has 0 saturated heterocycles. The normalized spacial score (nSPS) is 47.2. The van der Waals surface area contributed by atoms with Crippen LogP contribution in [0, 0.1) is 33.5 Å². The van der Waals surface area contributed by atoms with E-state index in [-0.39, 0.29) is 25.1 Å². The van der Waals surface area contributed by atoms with Crippen molar-refractivity contribution in [3.05, 3.63) is 30.3 Å². The first-order valence-corrected chi connectivity index (χ1v) is 17.6. The summed E-state index contributed by atoms with van der Waals surface area (Å²) in [7, 11) is -1.71. The lowest BCUT2D eigenvalue weighted by molar-refractivity contribution is -0.241. The van der Waals surface area contributed by atoms with E-state index in [4.69, 9.17) is 0 Å². The Morgan fingerprint density at radius 3 is 2.24 bits per heavy atom. The molecule has 6 heteroatoms. The van der Waals surface area contributed by atoms with E-state index in [2.05, 4.69) is 57.2 Å². The minimum absolute atomic E-state index is 0.121. The van der Waals surface area contributed by atoms with Crippen molar-refractivity contribution in [2.45, 2.75) is 119 Å². The zero-order valence-electron chi connectivity index (χ0n) is 24.5. The number of rotatable bonds is 5. The second-order valence-electron chi connectivity index (χ2n) is 14.6. The molecule has 4 fully saturated rings. The van der Waals surface area contributed by atoms with Crippen LogP contribution in [0.1, 0.15) is 105 Å². The Balaban J connectivity index is 1.48. The zero-order chi connectivity index (χ0) is 27.8. The summed E-state index contributed by atoms with van der Waals surface area (Å²) < 4.78 is 28.7. The van der Waals surface area contributed by atoms with Gasteiger partial charge in [0, 0.05) is 17.0 Å². The first-order chi connectivity index (χ1) is 17.6. The van der Waals surface area contributed by atoms with Crippen molar-refractivity contribution in [2.24, 2.45) is 33.5 Å². The van der Waals surface area contributed by atoms with Crippen LogP contribution < -0.4 is 0 Å². The van der Waals surface area contributed by atoms with E-state index >= 15 is 0 Å². The fourth-order valence-electron chi connectivity index (χ4n) is 10.9. The van der Waals surface area contributed by atoms with Crippen LogP contribution in [0.4, 0.5) is 0 Å². The molecule has 1 aromatic carbocycles. The van der Waals surface area contributed by atoms with Gasteiger partial charge in [-0.1, -0.05) is 74.9 Å². The molecule has 0 aliphatic heterocycles. The number of sulfonamides is 1. The first kappa shape index (κ1) is 29.3. The lowest BCUT2D eigenvalue weighted by Gasteiger charge is -2.75. The molecule has 1 N–H and O–H groups in total. The minimum Gasteiger partial charge on any atom is -0.390 e. The molecule has 0 spiro atoms. The molecule has 8 atom stereocenters. The van der Waals surface area contributed by atoms with Gasteiger partial charge in [-0.2, -0.15) is 0 Å². The third-order valence-corrected chi connectivity index (χ3v) is 17.0. The molecule has 4 aliphatic rings. The van der Waals surface area contributed by atoms with Crippen LogP contribution in [0.2, 0.25) is 0 Å². The van der Waals surface area contributed by atoms with Gasteiger partial charge in [0.1, 0.15) is 0 Å². The Morgan fingerprint density at radius 1 is 0.921 bits per heavy atom. The van der Waals surface area contributed by atoms with Crippen LogP contribution in [0.25, 0.3) is 0 Å². The van der Waals surface area contributed by atoms with Gasteiger partial charge in [-0.05, 0) is 117 Å². The van der Waals surface area contributed by atoms with Crippen molar-refractivity contribution in [1.29, 1.82) is 0 Å². The molecule has 4 saturated carbocycles. The smallest absolute Gasteiger partial charge is 0.242 e. The van der Waals surface area contributed by atoms with Crippen LogP contribution in [0.3, 0.4) is 0 Å². The summed E-state index contributed by atoms with van der Waals surface area (Å²) in [6, 6.07) is 8.93. The highest BCUT2D eigenvalue weighted by molar-refractivity contribution is 14.1. The molecule has 214 valence electrons. The molecular formula is C32H50INO3S. The van der Waals surface area contributed by atoms with Gasteiger partial charge in [0.25, 0.3) is 0 Å². The van der Waals surface area contributed by atoms with E-state index in [1.807, 2.05) is 18.2 Å². The number of hydrogen-bond donors (Lipinski definition) is 1. The molecule has 0 amide bonds. The molecule has 0 radical (unpaired) electrons. The van der Waals surface area contributed by atoms with Crippen LogP contribution in [0.15, 0.2) is 35.2 Å². The van der Waals surface area contributed by atoms with Crippen molar-refractivity contribution < 1.29 is 13.5 Å². The van der Waals surface area contributed by atoms with Crippen molar-refractivity contribution >= 4 is 32.6 Å². The van der Waals surface area contributed by atoms with E-state index in [0.29, 0.717) is 23.3 Å². The highest BCUT2D eigenvalue weighted by atomic mass is 127. The van der Waals surface area contributed by atoms with E-state index in [1.165, 1.54) is 44.9 Å². The summed E-state index contributed by atoms with van der Waals surface area (Å²) in [5.41, 5.74) is 0.254. The maximum absolute atomic E-state index is 13.5. The molecule has 0 heterocycles. The highest BCUT2D eigenvalue weighted by Gasteiger charge is 2.73. The minimum atomic E-state index is -3.50. The van der Waals surface area contributed by atoms with E-state index in [1.54, 1.807) is 23.5 Å². The number of aliphatic hydroxyl groups is 1. The van der Waals surface area contributed by atoms with Gasteiger partial charge in [-0.15, -0.1) is 0 Å². The average molecular weight is 656 g/mol. The number of alkyl halides is 1. The number of fused-ring (bicyclic) bond motifs is 5. The summed E-state index contributed by atoms with van der Waals surface area (Å²) in [6.07, 6.45) is 12.5. The van der Waals surface area contributed by atoms with E-state index in [9.17, 15) is 13.5 Å². The Bertz CT molecular complexity index is 1160. The van der Waals surface area contributed by atoms with Gasteiger partial charge >= 0.3 is 0 Å². The second-order valence-corrected chi connectivity index (χ2v) is 18.7. The molecule has 38 heavy (non-hydrogen) atoms. The topological polar surface area (TPSA) is 57.6 Å². The number of benzene rings is 1. The number of halogens is 1. The molecule has 0 unspecified atom stereocenters. The van der Waals surface area contributed by atoms with Crippen molar-refractivity contribution in [3.63, 3.8) is 0 Å². The lowest BCUT2D eigenvalue weighted by Crippen LogP contribution is -2.70. The SMILES string of the molecule is CC[C@]12CC[C@@](C)(O)C[C@@]1(I)CC[C@@H]1[C@]2(C)CC[C@]2(C)[C@@H](CN(C)S(=O)(=O)c3ccccc3)CCC[C@@]12C. The molecule has 0 bridgehead atoms.